The van der Waals surface area contributed by atoms with E-state index < -0.39 is 0 Å². The van der Waals surface area contributed by atoms with Crippen molar-refractivity contribution in [2.75, 3.05) is 0 Å². The molecule has 0 unspecified atom stereocenters. The van der Waals surface area contributed by atoms with Gasteiger partial charge < -0.3 is 0 Å². The Hall–Kier alpha value is -1.91. The third-order valence-electron chi connectivity index (χ3n) is 3.35. The molecule has 0 bridgehead atoms. The zero-order chi connectivity index (χ0) is 14.0. The van der Waals surface area contributed by atoms with Gasteiger partial charge in [-0.15, -0.1) is 0 Å². The van der Waals surface area contributed by atoms with Crippen molar-refractivity contribution in [1.82, 2.24) is 19.6 Å². The number of ketones is 1. The quantitative estimate of drug-likeness (QED) is 0.773. The van der Waals surface area contributed by atoms with Gasteiger partial charge in [0.2, 0.25) is 0 Å². The summed E-state index contributed by atoms with van der Waals surface area (Å²) in [4.78, 5) is 11.9. The number of aromatic nitrogens is 4. The number of hydrogen-bond acceptors (Lipinski definition) is 3. The Labute approximate surface area is 113 Å². The van der Waals surface area contributed by atoms with E-state index in [0.29, 0.717) is 6.42 Å². The highest BCUT2D eigenvalue weighted by atomic mass is 16.1. The molecule has 0 radical (unpaired) electrons. The van der Waals surface area contributed by atoms with Gasteiger partial charge in [0.25, 0.3) is 0 Å². The molecule has 0 spiro atoms. The van der Waals surface area contributed by atoms with E-state index in [9.17, 15) is 4.79 Å². The number of Topliss-reactive ketones (excluding diaryl/α,β-unsaturated/α-hetero) is 1. The second-order valence-corrected chi connectivity index (χ2v) is 4.82. The Balaban J connectivity index is 2.15. The molecule has 0 fully saturated rings. The molecule has 0 aromatic carbocycles. The Morgan fingerprint density at radius 1 is 1.37 bits per heavy atom. The Kier molecular flexibility index (Phi) is 3.83. The van der Waals surface area contributed by atoms with Gasteiger partial charge >= 0.3 is 0 Å². The maximum absolute atomic E-state index is 11.9. The summed E-state index contributed by atoms with van der Waals surface area (Å²) in [5, 5.41) is 8.62. The van der Waals surface area contributed by atoms with E-state index in [4.69, 9.17) is 0 Å². The van der Waals surface area contributed by atoms with Crippen molar-refractivity contribution in [3.8, 4) is 0 Å². The summed E-state index contributed by atoms with van der Waals surface area (Å²) in [6.07, 6.45) is 5.26. The smallest absolute Gasteiger partial charge is 0.166 e. The molecule has 0 amide bonds. The monoisotopic (exact) mass is 260 g/mol. The zero-order valence-corrected chi connectivity index (χ0v) is 12.0. The minimum absolute atomic E-state index is 0.169. The summed E-state index contributed by atoms with van der Waals surface area (Å²) in [6.45, 7) is 6.52. The van der Waals surface area contributed by atoms with Crippen LogP contribution in [0.1, 0.15) is 40.7 Å². The molecule has 2 aromatic rings. The van der Waals surface area contributed by atoms with E-state index in [0.717, 1.165) is 29.9 Å². The molecule has 0 aliphatic carbocycles. The van der Waals surface area contributed by atoms with Gasteiger partial charge in [-0.3, -0.25) is 14.2 Å². The molecule has 0 atom stereocenters. The van der Waals surface area contributed by atoms with Gasteiger partial charge in [0.1, 0.15) is 0 Å². The molecule has 102 valence electrons. The Bertz CT molecular complexity index is 595. The lowest BCUT2D eigenvalue weighted by Gasteiger charge is -2.03. The highest BCUT2D eigenvalue weighted by molar-refractivity contribution is 5.97. The molecule has 5 heteroatoms. The number of hydrogen-bond donors (Lipinski definition) is 0. The Morgan fingerprint density at radius 2 is 2.11 bits per heavy atom. The van der Waals surface area contributed by atoms with Crippen molar-refractivity contribution in [1.29, 1.82) is 0 Å². The third-order valence-corrected chi connectivity index (χ3v) is 3.35. The number of carbonyl (C=O) groups excluding carboxylic acids is 1. The van der Waals surface area contributed by atoms with Crippen LogP contribution in [0.4, 0.5) is 0 Å². The third kappa shape index (κ3) is 2.75. The van der Waals surface area contributed by atoms with Crippen LogP contribution >= 0.6 is 0 Å². The van der Waals surface area contributed by atoms with Crippen molar-refractivity contribution in [2.24, 2.45) is 7.05 Å². The largest absolute Gasteiger partial charge is 0.294 e. The van der Waals surface area contributed by atoms with Crippen LogP contribution in [0.5, 0.6) is 0 Å². The summed E-state index contributed by atoms with van der Waals surface area (Å²) >= 11 is 0. The van der Waals surface area contributed by atoms with Crippen LogP contribution in [0.2, 0.25) is 0 Å². The van der Waals surface area contributed by atoms with Gasteiger partial charge in [-0.25, -0.2) is 0 Å². The minimum atomic E-state index is 0.169. The fraction of sp³-hybridized carbons (Fsp3) is 0.500. The van der Waals surface area contributed by atoms with Gasteiger partial charge in [-0.2, -0.15) is 10.2 Å². The maximum Gasteiger partial charge on any atom is 0.166 e. The summed E-state index contributed by atoms with van der Waals surface area (Å²) in [5.41, 5.74) is 3.76. The van der Waals surface area contributed by atoms with Crippen molar-refractivity contribution in [2.45, 2.75) is 40.2 Å². The number of nitrogens with zero attached hydrogens (tertiary/aromatic N) is 4. The standard InChI is InChI=1S/C14H20N4O/c1-5-13(19)14-10(2)16-18(11(14)3)7-6-12-8-15-17(4)9-12/h8-9H,5-7H2,1-4H3. The van der Waals surface area contributed by atoms with Crippen molar-refractivity contribution >= 4 is 5.78 Å². The van der Waals surface area contributed by atoms with E-state index in [2.05, 4.69) is 10.2 Å². The van der Waals surface area contributed by atoms with Gasteiger partial charge in [0.05, 0.1) is 17.5 Å². The topological polar surface area (TPSA) is 52.7 Å². The van der Waals surface area contributed by atoms with Crippen molar-refractivity contribution in [3.05, 3.63) is 34.9 Å². The zero-order valence-electron chi connectivity index (χ0n) is 12.0. The molecule has 0 aliphatic rings. The molecule has 2 aromatic heterocycles. The summed E-state index contributed by atoms with van der Waals surface area (Å²) in [5.74, 6) is 0.169. The first-order valence-corrected chi connectivity index (χ1v) is 6.57. The first-order valence-electron chi connectivity index (χ1n) is 6.57. The number of aryl methyl sites for hydroxylation is 4. The summed E-state index contributed by atoms with van der Waals surface area (Å²) in [7, 11) is 1.91. The molecular formula is C14H20N4O. The molecule has 0 saturated heterocycles. The maximum atomic E-state index is 11.9. The first kappa shape index (κ1) is 13.5. The van der Waals surface area contributed by atoms with Crippen LogP contribution in [-0.2, 0) is 20.0 Å². The van der Waals surface area contributed by atoms with Crippen LogP contribution < -0.4 is 0 Å². The van der Waals surface area contributed by atoms with Gasteiger partial charge in [0, 0.05) is 31.9 Å². The average molecular weight is 260 g/mol. The lowest BCUT2D eigenvalue weighted by Crippen LogP contribution is -2.06. The van der Waals surface area contributed by atoms with Crippen LogP contribution in [-0.4, -0.2) is 25.3 Å². The van der Waals surface area contributed by atoms with Crippen LogP contribution in [0.15, 0.2) is 12.4 Å². The van der Waals surface area contributed by atoms with E-state index >= 15 is 0 Å². The van der Waals surface area contributed by atoms with Gasteiger partial charge in [0.15, 0.2) is 5.78 Å². The number of rotatable bonds is 5. The lowest BCUT2D eigenvalue weighted by molar-refractivity contribution is 0.0987. The fourth-order valence-corrected chi connectivity index (χ4v) is 2.33. The predicted molar refractivity (Wildman–Crippen MR) is 73.2 cm³/mol. The minimum Gasteiger partial charge on any atom is -0.294 e. The van der Waals surface area contributed by atoms with E-state index in [-0.39, 0.29) is 5.78 Å². The highest BCUT2D eigenvalue weighted by Crippen LogP contribution is 2.15. The molecule has 5 nitrogen and oxygen atoms in total. The molecule has 2 heterocycles. The van der Waals surface area contributed by atoms with Crippen LogP contribution in [0.25, 0.3) is 0 Å². The molecule has 2 rings (SSSR count). The number of carbonyl (C=O) groups is 1. The molecule has 0 saturated carbocycles. The second-order valence-electron chi connectivity index (χ2n) is 4.82. The summed E-state index contributed by atoms with van der Waals surface area (Å²) < 4.78 is 3.72. The Morgan fingerprint density at radius 3 is 2.68 bits per heavy atom. The van der Waals surface area contributed by atoms with E-state index in [1.807, 2.05) is 44.9 Å². The highest BCUT2D eigenvalue weighted by Gasteiger charge is 2.16. The average Bonchev–Trinajstić information content (AvgIpc) is 2.90. The molecule has 19 heavy (non-hydrogen) atoms. The second kappa shape index (κ2) is 5.38. The predicted octanol–water partition coefficient (Wildman–Crippen LogP) is 2.07. The SMILES string of the molecule is CCC(=O)c1c(C)nn(CCc2cnn(C)c2)c1C. The van der Waals surface area contributed by atoms with Crippen LogP contribution in [0.3, 0.4) is 0 Å². The normalized spacial score (nSPS) is 10.9. The van der Waals surface area contributed by atoms with Gasteiger partial charge in [-0.1, -0.05) is 6.92 Å². The molecular weight excluding hydrogens is 240 g/mol. The van der Waals surface area contributed by atoms with Gasteiger partial charge in [-0.05, 0) is 25.8 Å². The molecule has 0 N–H and O–H groups in total. The van der Waals surface area contributed by atoms with Crippen LogP contribution in [0, 0.1) is 13.8 Å². The van der Waals surface area contributed by atoms with E-state index in [1.165, 1.54) is 5.56 Å². The van der Waals surface area contributed by atoms with Crippen molar-refractivity contribution < 1.29 is 4.79 Å². The molecule has 0 aliphatic heterocycles. The first-order chi connectivity index (χ1) is 9.02. The lowest BCUT2D eigenvalue weighted by atomic mass is 10.1. The fourth-order valence-electron chi connectivity index (χ4n) is 2.33. The van der Waals surface area contributed by atoms with E-state index in [1.54, 1.807) is 4.68 Å². The van der Waals surface area contributed by atoms with Crippen molar-refractivity contribution in [3.63, 3.8) is 0 Å². The summed E-state index contributed by atoms with van der Waals surface area (Å²) in [6, 6.07) is 0.